The zero-order valence-corrected chi connectivity index (χ0v) is 19.6. The summed E-state index contributed by atoms with van der Waals surface area (Å²) in [7, 11) is 0. The molecule has 0 saturated carbocycles. The molecule has 0 saturated heterocycles. The van der Waals surface area contributed by atoms with Crippen molar-refractivity contribution in [1.82, 2.24) is 4.57 Å². The Morgan fingerprint density at radius 2 is 1.91 bits per heavy atom. The maximum atomic E-state index is 13.4. The van der Waals surface area contributed by atoms with E-state index in [0.717, 1.165) is 21.0 Å². The average molecular weight is 471 g/mol. The van der Waals surface area contributed by atoms with Crippen LogP contribution in [0.5, 0.6) is 0 Å². The molecule has 0 N–H and O–H groups in total. The van der Waals surface area contributed by atoms with E-state index in [1.807, 2.05) is 54.2 Å². The molecular weight excluding hydrogens is 448 g/mol. The lowest BCUT2D eigenvalue weighted by atomic mass is 9.78. The number of ketones is 1. The maximum absolute atomic E-state index is 13.4. The van der Waals surface area contributed by atoms with Crippen LogP contribution in [0.4, 0.5) is 11.4 Å². The van der Waals surface area contributed by atoms with Crippen molar-refractivity contribution in [3.05, 3.63) is 97.1 Å². The number of benzene rings is 1. The number of nitriles is 1. The number of aromatic nitrogens is 1. The predicted octanol–water partition coefficient (Wildman–Crippen LogP) is 6.08. The number of anilines is 1. The summed E-state index contributed by atoms with van der Waals surface area (Å²) < 4.78 is 1.82. The van der Waals surface area contributed by atoms with E-state index in [1.54, 1.807) is 29.2 Å². The lowest BCUT2D eigenvalue weighted by Crippen LogP contribution is -2.36. The number of aryl methyl sites for hydroxylation is 2. The molecule has 2 aromatic heterocycles. The Hall–Kier alpha value is -3.96. The first kappa shape index (κ1) is 21.9. The van der Waals surface area contributed by atoms with E-state index < -0.39 is 10.8 Å². The smallest absolute Gasteiger partial charge is 0.293 e. The van der Waals surface area contributed by atoms with Crippen LogP contribution in [0, 0.1) is 35.3 Å². The lowest BCUT2D eigenvalue weighted by molar-refractivity contribution is -0.384. The molecule has 1 atom stereocenters. The molecule has 0 bridgehead atoms. The Kier molecular flexibility index (Phi) is 5.42. The lowest BCUT2D eigenvalue weighted by Gasteiger charge is -2.40. The molecule has 170 valence electrons. The quantitative estimate of drug-likeness (QED) is 0.340. The first-order valence-corrected chi connectivity index (χ1v) is 11.9. The van der Waals surface area contributed by atoms with Gasteiger partial charge in [0, 0.05) is 45.9 Å². The van der Waals surface area contributed by atoms with Crippen molar-refractivity contribution >= 4 is 34.3 Å². The van der Waals surface area contributed by atoms with Crippen molar-refractivity contribution < 1.29 is 9.72 Å². The fraction of sp³-hybridized carbons (Fsp3) is 0.231. The Balaban J connectivity index is 1.88. The number of carbonyl (C=O) groups is 1. The molecule has 2 aliphatic rings. The molecule has 1 aromatic carbocycles. The highest BCUT2D eigenvalue weighted by Crippen LogP contribution is 2.51. The van der Waals surface area contributed by atoms with Crippen molar-refractivity contribution in [2.45, 2.75) is 39.0 Å². The van der Waals surface area contributed by atoms with Crippen LogP contribution in [0.25, 0.3) is 5.82 Å². The molecule has 0 radical (unpaired) electrons. The highest BCUT2D eigenvalue weighted by Gasteiger charge is 2.43. The molecular formula is C26H22N4O3S. The number of hydrogen-bond donors (Lipinski definition) is 0. The van der Waals surface area contributed by atoms with Crippen molar-refractivity contribution in [1.29, 1.82) is 5.26 Å². The first-order valence-electron chi connectivity index (χ1n) is 11.1. The molecule has 0 amide bonds. The summed E-state index contributed by atoms with van der Waals surface area (Å²) in [5.41, 5.74) is 2.78. The van der Waals surface area contributed by atoms with E-state index in [0.29, 0.717) is 41.9 Å². The number of thiophene rings is 1. The fourth-order valence-electron chi connectivity index (χ4n) is 4.89. The topological polar surface area (TPSA) is 92.2 Å². The molecule has 3 heterocycles. The average Bonchev–Trinajstić information content (AvgIpc) is 3.50. The van der Waals surface area contributed by atoms with Gasteiger partial charge in [-0.1, -0.05) is 6.07 Å². The normalized spacial score (nSPS) is 18.2. The number of carbonyl (C=O) groups excluding carboxylic acids is 1. The molecule has 0 spiro atoms. The van der Waals surface area contributed by atoms with E-state index in [2.05, 4.69) is 6.07 Å². The van der Waals surface area contributed by atoms with Gasteiger partial charge in [-0.25, -0.2) is 0 Å². The first-order chi connectivity index (χ1) is 16.4. The van der Waals surface area contributed by atoms with E-state index in [1.165, 1.54) is 6.07 Å². The summed E-state index contributed by atoms with van der Waals surface area (Å²) in [6.45, 7) is 3.81. The largest absolute Gasteiger partial charge is 0.309 e. The number of nitro benzene ring substituents is 1. The van der Waals surface area contributed by atoms with Gasteiger partial charge in [-0.3, -0.25) is 19.8 Å². The summed E-state index contributed by atoms with van der Waals surface area (Å²) >= 11 is 1.57. The van der Waals surface area contributed by atoms with Crippen LogP contribution in [0.1, 0.15) is 40.5 Å². The van der Waals surface area contributed by atoms with Gasteiger partial charge in [0.05, 0.1) is 22.5 Å². The van der Waals surface area contributed by atoms with E-state index in [-0.39, 0.29) is 11.5 Å². The van der Waals surface area contributed by atoms with Crippen LogP contribution in [0.15, 0.2) is 71.7 Å². The minimum atomic E-state index is -0.496. The summed E-state index contributed by atoms with van der Waals surface area (Å²) in [5.74, 6) is 0.0324. The van der Waals surface area contributed by atoms with Crippen LogP contribution in [-0.2, 0) is 4.79 Å². The molecule has 1 aliphatic heterocycles. The Morgan fingerprint density at radius 1 is 1.15 bits per heavy atom. The van der Waals surface area contributed by atoms with Crippen molar-refractivity contribution in [3.8, 4) is 6.07 Å². The van der Waals surface area contributed by atoms with Gasteiger partial charge in [0.2, 0.25) is 0 Å². The second-order valence-corrected chi connectivity index (χ2v) is 9.86. The number of nitro groups is 1. The number of Topliss-reactive ketones (excluding diaryl/α,β-unsaturated/α-hetero) is 1. The van der Waals surface area contributed by atoms with Gasteiger partial charge in [-0.2, -0.15) is 5.26 Å². The highest BCUT2D eigenvalue weighted by atomic mass is 32.1. The van der Waals surface area contributed by atoms with Gasteiger partial charge in [0.15, 0.2) is 5.78 Å². The van der Waals surface area contributed by atoms with Crippen LogP contribution in [0.3, 0.4) is 0 Å². The van der Waals surface area contributed by atoms with Crippen LogP contribution in [-0.4, -0.2) is 15.3 Å². The minimum Gasteiger partial charge on any atom is -0.309 e. The number of rotatable bonds is 4. The zero-order chi connectivity index (χ0) is 24.0. The van der Waals surface area contributed by atoms with Gasteiger partial charge in [0.25, 0.3) is 5.69 Å². The molecule has 3 aromatic rings. The van der Waals surface area contributed by atoms with Crippen LogP contribution in [0.2, 0.25) is 0 Å². The Bertz CT molecular complexity index is 1420. The van der Waals surface area contributed by atoms with Gasteiger partial charge in [0.1, 0.15) is 11.5 Å². The van der Waals surface area contributed by atoms with E-state index >= 15 is 0 Å². The van der Waals surface area contributed by atoms with Crippen molar-refractivity contribution in [3.63, 3.8) is 0 Å². The molecule has 34 heavy (non-hydrogen) atoms. The fourth-order valence-corrected chi connectivity index (χ4v) is 5.89. The number of hydrogen-bond acceptors (Lipinski definition) is 6. The maximum Gasteiger partial charge on any atom is 0.293 e. The standard InChI is InChI=1S/C26H22N4O3S/c1-16-8-10-19(21(14-16)30(32)33)29-20-6-5-7-22(31)25(20)24(23-11-9-17(2)34-23)18(15-27)26(29)28-12-3-4-13-28/h3-4,8-14,24H,5-7H2,1-2H3. The van der Waals surface area contributed by atoms with Crippen LogP contribution >= 0.6 is 11.3 Å². The zero-order valence-electron chi connectivity index (χ0n) is 18.8. The summed E-state index contributed by atoms with van der Waals surface area (Å²) in [4.78, 5) is 28.9. The molecule has 7 nitrogen and oxygen atoms in total. The molecule has 1 unspecified atom stereocenters. The number of allylic oxidation sites excluding steroid dienone is 3. The van der Waals surface area contributed by atoms with E-state index in [9.17, 15) is 20.2 Å². The summed E-state index contributed by atoms with van der Waals surface area (Å²) in [5, 5.41) is 22.5. The van der Waals surface area contributed by atoms with Crippen LogP contribution < -0.4 is 4.90 Å². The summed E-state index contributed by atoms with van der Waals surface area (Å²) in [6.07, 6.45) is 5.31. The third kappa shape index (κ3) is 3.45. The number of nitrogens with zero attached hydrogens (tertiary/aromatic N) is 4. The predicted molar refractivity (Wildman–Crippen MR) is 131 cm³/mol. The van der Waals surface area contributed by atoms with E-state index in [4.69, 9.17) is 0 Å². The third-order valence-corrected chi connectivity index (χ3v) is 7.38. The van der Waals surface area contributed by atoms with Crippen molar-refractivity contribution in [2.24, 2.45) is 0 Å². The van der Waals surface area contributed by atoms with Gasteiger partial charge < -0.3 is 4.57 Å². The van der Waals surface area contributed by atoms with Gasteiger partial charge >= 0.3 is 0 Å². The molecule has 8 heteroatoms. The van der Waals surface area contributed by atoms with Gasteiger partial charge in [-0.15, -0.1) is 11.3 Å². The van der Waals surface area contributed by atoms with Gasteiger partial charge in [-0.05, 0) is 62.6 Å². The second kappa shape index (κ2) is 8.43. The Morgan fingerprint density at radius 3 is 2.56 bits per heavy atom. The second-order valence-electron chi connectivity index (χ2n) is 8.54. The van der Waals surface area contributed by atoms with Crippen molar-refractivity contribution in [2.75, 3.05) is 4.90 Å². The highest BCUT2D eigenvalue weighted by molar-refractivity contribution is 7.12. The minimum absolute atomic E-state index is 0.00336. The SMILES string of the molecule is Cc1ccc(N2C3=C(C(=O)CCC3)C(c3ccc(C)s3)C(C#N)=C2n2cccc2)c([N+](=O)[O-])c1. The molecule has 0 fully saturated rings. The summed E-state index contributed by atoms with van der Waals surface area (Å²) in [6, 6.07) is 15.1. The third-order valence-electron chi connectivity index (χ3n) is 6.31. The molecule has 1 aliphatic carbocycles. The molecule has 5 rings (SSSR count). The monoisotopic (exact) mass is 470 g/mol. The Labute approximate surface area is 201 Å².